The van der Waals surface area contributed by atoms with Gasteiger partial charge in [-0.2, -0.15) is 24.3 Å². The van der Waals surface area contributed by atoms with Crippen molar-refractivity contribution in [1.29, 1.82) is 0 Å². The van der Waals surface area contributed by atoms with Crippen molar-refractivity contribution in [3.8, 4) is 33.9 Å². The predicted octanol–water partition coefficient (Wildman–Crippen LogP) is 5.15. The molecular formula is C28H17N2O2PPt. The summed E-state index contributed by atoms with van der Waals surface area (Å²) in [5, 5.41) is 1.38. The molecule has 6 heteroatoms. The summed E-state index contributed by atoms with van der Waals surface area (Å²) in [6.45, 7) is 0. The minimum atomic E-state index is -3.24. The van der Waals surface area contributed by atoms with Crippen molar-refractivity contribution >= 4 is 23.2 Å². The smallest absolute Gasteiger partial charge is 0.460 e. The summed E-state index contributed by atoms with van der Waals surface area (Å²) in [6.07, 6.45) is 3.11. The Hall–Kier alpha value is -3.32. The van der Waals surface area contributed by atoms with Crippen molar-refractivity contribution in [2.24, 2.45) is 0 Å². The van der Waals surface area contributed by atoms with Gasteiger partial charge in [0.1, 0.15) is 5.44 Å². The molecule has 3 heterocycles. The van der Waals surface area contributed by atoms with Crippen LogP contribution in [-0.4, -0.2) is 9.97 Å². The molecule has 0 saturated carbocycles. The summed E-state index contributed by atoms with van der Waals surface area (Å²) >= 11 is 0. The van der Waals surface area contributed by atoms with Gasteiger partial charge in [-0.05, 0) is 23.7 Å². The Kier molecular flexibility index (Phi) is 5.71. The van der Waals surface area contributed by atoms with Gasteiger partial charge in [0.15, 0.2) is 7.14 Å². The van der Waals surface area contributed by atoms with Crippen LogP contribution < -0.4 is 20.8 Å². The maximum Gasteiger partial charge on any atom is 2.00 e. The molecule has 1 atom stereocenters. The Balaban J connectivity index is 0.00000253. The molecule has 0 amide bonds. The maximum atomic E-state index is 14.7. The zero-order valence-corrected chi connectivity index (χ0v) is 20.9. The second kappa shape index (κ2) is 9.14. The minimum Gasteiger partial charge on any atom is -0.460 e. The van der Waals surface area contributed by atoms with E-state index in [9.17, 15) is 4.57 Å². The molecule has 6 rings (SSSR count). The molecule has 4 nitrogen and oxygen atoms in total. The zero-order chi connectivity index (χ0) is 23.1. The van der Waals surface area contributed by atoms with Crippen LogP contribution in [0, 0.1) is 12.1 Å². The van der Waals surface area contributed by atoms with Gasteiger partial charge in [0.2, 0.25) is 5.88 Å². The molecule has 0 spiro atoms. The van der Waals surface area contributed by atoms with Crippen LogP contribution in [0.5, 0.6) is 11.6 Å². The molecule has 0 radical (unpaired) electrons. The molecule has 0 N–H and O–H groups in total. The first kappa shape index (κ1) is 21.2. The predicted molar refractivity (Wildman–Crippen MR) is 130 cm³/mol. The fraction of sp³-hybridized carbons (Fsp3) is 0. The van der Waals surface area contributed by atoms with Crippen molar-refractivity contribution in [2.45, 2.75) is 0 Å². The Morgan fingerprint density at radius 1 is 0.765 bits per heavy atom. The normalized spacial score (nSPS) is 16.1. The van der Waals surface area contributed by atoms with Crippen LogP contribution in [0.15, 0.2) is 103 Å². The molecule has 1 aliphatic rings. The standard InChI is InChI=1S/C28H17N2O2P.Pt/c31-33(28-13-4-6-17-30-28)25-11-2-1-10-23(25)24-15-14-21(19-26(24)33)20-8-7-9-22(18-20)32-27-12-3-5-16-29-27;/h1-17H;/q-2;+2/i6D;. The van der Waals surface area contributed by atoms with Gasteiger partial charge in [-0.25, -0.2) is 16.1 Å². The fourth-order valence-corrected chi connectivity index (χ4v) is 6.99. The molecule has 1 unspecified atom stereocenters. The van der Waals surface area contributed by atoms with Crippen LogP contribution in [0.1, 0.15) is 1.37 Å². The Morgan fingerprint density at radius 3 is 2.44 bits per heavy atom. The van der Waals surface area contributed by atoms with E-state index < -0.39 is 7.14 Å². The van der Waals surface area contributed by atoms with E-state index in [1.165, 1.54) is 6.20 Å². The number of pyridine rings is 2. The van der Waals surface area contributed by atoms with Crippen LogP contribution in [0.3, 0.4) is 0 Å². The first-order valence-electron chi connectivity index (χ1n) is 10.9. The molecule has 0 saturated heterocycles. The Morgan fingerprint density at radius 2 is 1.62 bits per heavy atom. The molecule has 3 aromatic carbocycles. The number of fused-ring (bicyclic) bond motifs is 3. The molecule has 0 fully saturated rings. The summed E-state index contributed by atoms with van der Waals surface area (Å²) in [5.41, 5.74) is 3.81. The third kappa shape index (κ3) is 3.74. The second-order valence-corrected chi connectivity index (χ2v) is 10.2. The van der Waals surface area contributed by atoms with Gasteiger partial charge in [-0.3, -0.25) is 4.98 Å². The van der Waals surface area contributed by atoms with Crippen molar-refractivity contribution in [3.05, 3.63) is 115 Å². The summed E-state index contributed by atoms with van der Waals surface area (Å²) in [7, 11) is -3.24. The van der Waals surface area contributed by atoms with E-state index in [4.69, 9.17) is 6.11 Å². The van der Waals surface area contributed by atoms with E-state index in [0.29, 0.717) is 22.4 Å². The molecule has 34 heavy (non-hydrogen) atoms. The van der Waals surface area contributed by atoms with Gasteiger partial charge >= 0.3 is 21.1 Å². The molecule has 1 aliphatic heterocycles. The van der Waals surface area contributed by atoms with Crippen molar-refractivity contribution in [3.63, 3.8) is 0 Å². The fourth-order valence-electron chi connectivity index (χ4n) is 4.12. The van der Waals surface area contributed by atoms with Gasteiger partial charge in [-0.1, -0.05) is 47.3 Å². The quantitative estimate of drug-likeness (QED) is 0.198. The molecule has 5 aromatic rings. The second-order valence-electron chi connectivity index (χ2n) is 7.58. The molecule has 0 aliphatic carbocycles. The van der Waals surface area contributed by atoms with E-state index >= 15 is 0 Å². The summed E-state index contributed by atoms with van der Waals surface area (Å²) < 4.78 is 28.3. The van der Waals surface area contributed by atoms with Crippen LogP contribution in [0.25, 0.3) is 22.3 Å². The van der Waals surface area contributed by atoms with Crippen LogP contribution in [0.2, 0.25) is 0 Å². The van der Waals surface area contributed by atoms with E-state index in [1.807, 2.05) is 66.7 Å². The number of benzene rings is 3. The zero-order valence-electron chi connectivity index (χ0n) is 18.7. The Labute approximate surface area is 213 Å². The number of rotatable bonds is 4. The summed E-state index contributed by atoms with van der Waals surface area (Å²) in [5.74, 6) is 1.02. The molecule has 2 aromatic heterocycles. The van der Waals surface area contributed by atoms with E-state index in [2.05, 4.69) is 22.1 Å². The monoisotopic (exact) mass is 640 g/mol. The first-order valence-corrected chi connectivity index (χ1v) is 12.2. The Bertz CT molecular complexity index is 1580. The number of aromatic nitrogens is 2. The maximum absolute atomic E-state index is 14.7. The number of hydrogen-bond donors (Lipinski definition) is 0. The van der Waals surface area contributed by atoms with Crippen molar-refractivity contribution < 1.29 is 31.7 Å². The third-order valence-electron chi connectivity index (χ3n) is 5.61. The van der Waals surface area contributed by atoms with Crippen LogP contribution in [-0.2, 0) is 25.6 Å². The third-order valence-corrected chi connectivity index (χ3v) is 8.57. The number of hydrogen-bond acceptors (Lipinski definition) is 4. The molecular weight excluding hydrogens is 622 g/mol. The average molecular weight is 641 g/mol. The van der Waals surface area contributed by atoms with Gasteiger partial charge < -0.3 is 9.30 Å². The van der Waals surface area contributed by atoms with Gasteiger partial charge in [-0.15, -0.1) is 18.2 Å². The van der Waals surface area contributed by atoms with Crippen LogP contribution in [0.4, 0.5) is 0 Å². The average Bonchev–Trinajstić information content (AvgIpc) is 3.14. The number of ether oxygens (including phenoxy) is 1. The van der Waals surface area contributed by atoms with Gasteiger partial charge in [0.25, 0.3) is 0 Å². The van der Waals surface area contributed by atoms with E-state index in [-0.39, 0.29) is 27.1 Å². The van der Waals surface area contributed by atoms with Crippen LogP contribution >= 0.6 is 7.14 Å². The van der Waals surface area contributed by atoms with Crippen molar-refractivity contribution in [2.75, 3.05) is 0 Å². The minimum absolute atomic E-state index is 0. The van der Waals surface area contributed by atoms with Gasteiger partial charge in [0, 0.05) is 29.5 Å². The van der Waals surface area contributed by atoms with E-state index in [0.717, 1.165) is 27.6 Å². The number of nitrogens with zero attached hydrogens (tertiary/aromatic N) is 2. The first-order chi connectivity index (χ1) is 16.6. The van der Waals surface area contributed by atoms with Gasteiger partial charge in [0.05, 0.1) is 1.37 Å². The molecule has 0 bridgehead atoms. The topological polar surface area (TPSA) is 52.1 Å². The SMILES string of the molecule is [2H]c1ccc(P2(=O)c3[c-]c(-c4[c-]c(Oc5ccccn5)ccc4)ccc3-c3ccccc32)nc1.[Pt+2]. The summed E-state index contributed by atoms with van der Waals surface area (Å²) in [4.78, 5) is 8.59. The molecule has 166 valence electrons. The van der Waals surface area contributed by atoms with E-state index in [1.54, 1.807) is 24.4 Å². The summed E-state index contributed by atoms with van der Waals surface area (Å²) in [6, 6.07) is 33.0. The largest absolute Gasteiger partial charge is 2.00 e. The van der Waals surface area contributed by atoms with Crippen molar-refractivity contribution in [1.82, 2.24) is 9.97 Å².